The van der Waals surface area contributed by atoms with Crippen LogP contribution >= 0.6 is 0 Å². The highest BCUT2D eigenvalue weighted by atomic mass is 16.3. The van der Waals surface area contributed by atoms with Crippen LogP contribution in [0.2, 0.25) is 0 Å². The first-order valence-electron chi connectivity index (χ1n) is 5.65. The molecule has 0 aliphatic rings. The van der Waals surface area contributed by atoms with E-state index in [2.05, 4.69) is 4.98 Å². The number of rotatable bonds is 1. The zero-order valence-electron chi connectivity index (χ0n) is 9.55. The standard InChI is InChI=1S/C15H11NO2/c17-11-5-3-4-10(8-11)14-9-15(18)12-6-1-2-7-13(12)16-14/h1-9,17H,(H,16,18). The average molecular weight is 237 g/mol. The third kappa shape index (κ3) is 1.76. The van der Waals surface area contributed by atoms with Gasteiger partial charge in [-0.25, -0.2) is 0 Å². The minimum Gasteiger partial charge on any atom is -0.508 e. The molecule has 2 aromatic carbocycles. The summed E-state index contributed by atoms with van der Waals surface area (Å²) < 4.78 is 0. The Morgan fingerprint density at radius 2 is 1.78 bits per heavy atom. The van der Waals surface area contributed by atoms with Gasteiger partial charge in [-0.3, -0.25) is 4.79 Å². The smallest absolute Gasteiger partial charge is 0.190 e. The molecule has 0 unspecified atom stereocenters. The van der Waals surface area contributed by atoms with Gasteiger partial charge in [0.1, 0.15) is 5.75 Å². The van der Waals surface area contributed by atoms with Gasteiger partial charge in [0.05, 0.1) is 0 Å². The van der Waals surface area contributed by atoms with Gasteiger partial charge in [-0.2, -0.15) is 0 Å². The molecule has 1 heterocycles. The van der Waals surface area contributed by atoms with Gasteiger partial charge in [0.15, 0.2) is 5.43 Å². The van der Waals surface area contributed by atoms with Gasteiger partial charge in [0.2, 0.25) is 0 Å². The monoisotopic (exact) mass is 237 g/mol. The number of hydrogen-bond donors (Lipinski definition) is 2. The van der Waals surface area contributed by atoms with Crippen molar-refractivity contribution in [3.8, 4) is 17.0 Å². The first kappa shape index (κ1) is 10.6. The molecule has 18 heavy (non-hydrogen) atoms. The largest absolute Gasteiger partial charge is 0.508 e. The number of nitrogens with one attached hydrogen (secondary N) is 1. The third-order valence-electron chi connectivity index (χ3n) is 2.89. The number of H-pyrrole nitrogens is 1. The van der Waals surface area contributed by atoms with Crippen molar-refractivity contribution in [1.29, 1.82) is 0 Å². The number of aromatic amines is 1. The van der Waals surface area contributed by atoms with E-state index in [0.29, 0.717) is 11.1 Å². The van der Waals surface area contributed by atoms with Gasteiger partial charge >= 0.3 is 0 Å². The molecule has 0 atom stereocenters. The van der Waals surface area contributed by atoms with Crippen LogP contribution in [0.4, 0.5) is 0 Å². The van der Waals surface area contributed by atoms with E-state index in [0.717, 1.165) is 11.1 Å². The van der Waals surface area contributed by atoms with Gasteiger partial charge in [0, 0.05) is 28.2 Å². The minimum atomic E-state index is -0.0253. The average Bonchev–Trinajstić information content (AvgIpc) is 2.39. The second-order valence-corrected chi connectivity index (χ2v) is 4.14. The van der Waals surface area contributed by atoms with E-state index in [9.17, 15) is 9.90 Å². The van der Waals surface area contributed by atoms with Crippen LogP contribution in [-0.2, 0) is 0 Å². The molecule has 2 N–H and O–H groups in total. The molecule has 0 saturated carbocycles. The predicted molar refractivity (Wildman–Crippen MR) is 71.7 cm³/mol. The number of hydrogen-bond acceptors (Lipinski definition) is 2. The summed E-state index contributed by atoms with van der Waals surface area (Å²) in [5.74, 6) is 0.182. The molecule has 0 amide bonds. The second kappa shape index (κ2) is 4.04. The van der Waals surface area contributed by atoms with Crippen molar-refractivity contribution in [2.75, 3.05) is 0 Å². The van der Waals surface area contributed by atoms with E-state index in [4.69, 9.17) is 0 Å². The summed E-state index contributed by atoms with van der Waals surface area (Å²) >= 11 is 0. The lowest BCUT2D eigenvalue weighted by Crippen LogP contribution is -2.02. The van der Waals surface area contributed by atoms with Crippen molar-refractivity contribution in [2.24, 2.45) is 0 Å². The summed E-state index contributed by atoms with van der Waals surface area (Å²) in [6, 6.07) is 15.7. The van der Waals surface area contributed by atoms with Gasteiger partial charge in [-0.05, 0) is 24.3 Å². The summed E-state index contributed by atoms with van der Waals surface area (Å²) in [6.07, 6.45) is 0. The molecule has 0 aliphatic heterocycles. The Balaban J connectivity index is 2.28. The summed E-state index contributed by atoms with van der Waals surface area (Å²) in [5, 5.41) is 10.1. The van der Waals surface area contributed by atoms with E-state index >= 15 is 0 Å². The first-order chi connectivity index (χ1) is 8.74. The Morgan fingerprint density at radius 3 is 2.61 bits per heavy atom. The Labute approximate surface area is 103 Å². The molecule has 3 heteroatoms. The summed E-state index contributed by atoms with van der Waals surface area (Å²) in [5.41, 5.74) is 2.26. The number of phenolic OH excluding ortho intramolecular Hbond substituents is 1. The Morgan fingerprint density at radius 1 is 0.944 bits per heavy atom. The van der Waals surface area contributed by atoms with Gasteiger partial charge < -0.3 is 10.1 Å². The van der Waals surface area contributed by atoms with Crippen molar-refractivity contribution in [3.05, 3.63) is 64.8 Å². The van der Waals surface area contributed by atoms with Crippen LogP contribution in [0.1, 0.15) is 0 Å². The first-order valence-corrected chi connectivity index (χ1v) is 5.65. The number of aromatic nitrogens is 1. The fraction of sp³-hybridized carbons (Fsp3) is 0. The number of phenols is 1. The SMILES string of the molecule is O=c1cc(-c2cccc(O)c2)[nH]c2ccccc12. The fourth-order valence-electron chi connectivity index (χ4n) is 2.03. The van der Waals surface area contributed by atoms with E-state index in [-0.39, 0.29) is 11.2 Å². The van der Waals surface area contributed by atoms with Crippen LogP contribution in [0, 0.1) is 0 Å². The highest BCUT2D eigenvalue weighted by Crippen LogP contribution is 2.21. The van der Waals surface area contributed by atoms with Crippen molar-refractivity contribution in [2.45, 2.75) is 0 Å². The van der Waals surface area contributed by atoms with Crippen LogP contribution in [0.5, 0.6) is 5.75 Å². The minimum absolute atomic E-state index is 0.0253. The summed E-state index contributed by atoms with van der Waals surface area (Å²) in [6.45, 7) is 0. The number of fused-ring (bicyclic) bond motifs is 1. The molecule has 88 valence electrons. The number of aromatic hydroxyl groups is 1. The van der Waals surface area contributed by atoms with Gasteiger partial charge in [-0.15, -0.1) is 0 Å². The van der Waals surface area contributed by atoms with Crippen molar-refractivity contribution < 1.29 is 5.11 Å². The quantitative estimate of drug-likeness (QED) is 0.683. The molecule has 0 aliphatic carbocycles. The number of benzene rings is 2. The van der Waals surface area contributed by atoms with E-state index in [1.165, 1.54) is 0 Å². The topological polar surface area (TPSA) is 53.1 Å². The lowest BCUT2D eigenvalue weighted by molar-refractivity contribution is 0.475. The molecular weight excluding hydrogens is 226 g/mol. The molecular formula is C15H11NO2. The maximum Gasteiger partial charge on any atom is 0.190 e. The van der Waals surface area contributed by atoms with Crippen LogP contribution < -0.4 is 5.43 Å². The third-order valence-corrected chi connectivity index (χ3v) is 2.89. The number of pyridine rings is 1. The summed E-state index contributed by atoms with van der Waals surface area (Å²) in [7, 11) is 0. The zero-order chi connectivity index (χ0) is 12.5. The van der Waals surface area contributed by atoms with Crippen LogP contribution in [0.25, 0.3) is 22.2 Å². The highest BCUT2D eigenvalue weighted by Gasteiger charge is 2.04. The van der Waals surface area contributed by atoms with Crippen molar-refractivity contribution in [3.63, 3.8) is 0 Å². The maximum absolute atomic E-state index is 12.0. The van der Waals surface area contributed by atoms with Crippen LogP contribution in [-0.4, -0.2) is 10.1 Å². The van der Waals surface area contributed by atoms with E-state index in [1.807, 2.05) is 24.3 Å². The number of para-hydroxylation sites is 1. The van der Waals surface area contributed by atoms with Crippen LogP contribution in [0.15, 0.2) is 59.4 Å². The Bertz CT molecular complexity index is 775. The van der Waals surface area contributed by atoms with Gasteiger partial charge in [-0.1, -0.05) is 24.3 Å². The fourth-order valence-corrected chi connectivity index (χ4v) is 2.03. The molecule has 3 nitrogen and oxygen atoms in total. The second-order valence-electron chi connectivity index (χ2n) is 4.14. The van der Waals surface area contributed by atoms with E-state index in [1.54, 1.807) is 30.3 Å². The molecule has 1 aromatic heterocycles. The van der Waals surface area contributed by atoms with E-state index < -0.39 is 0 Å². The van der Waals surface area contributed by atoms with Crippen molar-refractivity contribution in [1.82, 2.24) is 4.98 Å². The Kier molecular flexibility index (Phi) is 2.38. The molecule has 0 bridgehead atoms. The maximum atomic E-state index is 12.0. The Hall–Kier alpha value is -2.55. The van der Waals surface area contributed by atoms with Crippen molar-refractivity contribution >= 4 is 10.9 Å². The molecule has 0 spiro atoms. The lowest BCUT2D eigenvalue weighted by atomic mass is 10.1. The lowest BCUT2D eigenvalue weighted by Gasteiger charge is -2.04. The van der Waals surface area contributed by atoms with Gasteiger partial charge in [0.25, 0.3) is 0 Å². The summed E-state index contributed by atoms with van der Waals surface area (Å²) in [4.78, 5) is 15.2. The normalized spacial score (nSPS) is 10.7. The van der Waals surface area contributed by atoms with Crippen LogP contribution in [0.3, 0.4) is 0 Å². The molecule has 3 rings (SSSR count). The zero-order valence-corrected chi connectivity index (χ0v) is 9.55. The highest BCUT2D eigenvalue weighted by molar-refractivity contribution is 5.81. The molecule has 0 radical (unpaired) electrons. The molecule has 0 saturated heterocycles. The molecule has 3 aromatic rings. The predicted octanol–water partition coefficient (Wildman–Crippen LogP) is 2.90. The molecule has 0 fully saturated rings.